The summed E-state index contributed by atoms with van der Waals surface area (Å²) in [6, 6.07) is 4.03. The Morgan fingerprint density at radius 1 is 1.31 bits per heavy atom. The molecule has 1 saturated carbocycles. The van der Waals surface area contributed by atoms with Crippen molar-refractivity contribution in [1.82, 2.24) is 0 Å². The van der Waals surface area contributed by atoms with Crippen molar-refractivity contribution in [3.63, 3.8) is 0 Å². The van der Waals surface area contributed by atoms with E-state index in [4.69, 9.17) is 0 Å². The molecule has 2 rings (SSSR count). The lowest BCUT2D eigenvalue weighted by atomic mass is 9.86. The van der Waals surface area contributed by atoms with Gasteiger partial charge in [-0.05, 0) is 33.3 Å². The van der Waals surface area contributed by atoms with Crippen LogP contribution in [0.25, 0.3) is 0 Å². The lowest BCUT2D eigenvalue weighted by Crippen LogP contribution is -2.05. The van der Waals surface area contributed by atoms with E-state index in [-0.39, 0.29) is 0 Å². The maximum absolute atomic E-state index is 3.30. The van der Waals surface area contributed by atoms with Crippen LogP contribution in [0.3, 0.4) is 0 Å². The van der Waals surface area contributed by atoms with Gasteiger partial charge >= 0.3 is 0 Å². The molecular weight excluding hydrogens is 280 g/mol. The molecule has 1 heterocycles. The quantitative estimate of drug-likeness (QED) is 0.617. The Labute approximate surface area is 113 Å². The van der Waals surface area contributed by atoms with Gasteiger partial charge in [-0.3, -0.25) is 0 Å². The third-order valence-corrected chi connectivity index (χ3v) is 4.66. The van der Waals surface area contributed by atoms with Crippen molar-refractivity contribution in [2.75, 3.05) is 0 Å². The Morgan fingerprint density at radius 2 is 2.06 bits per heavy atom. The fourth-order valence-corrected chi connectivity index (χ4v) is 3.15. The third kappa shape index (κ3) is 6.70. The normalized spacial score (nSPS) is 16.6. The SMILES string of the molecule is Brc1cccs1.CCCCC1CCCCC1. The molecule has 0 amide bonds. The predicted molar refractivity (Wildman–Crippen MR) is 78.1 cm³/mol. The van der Waals surface area contributed by atoms with Crippen molar-refractivity contribution in [3.8, 4) is 0 Å². The molecule has 0 spiro atoms. The minimum atomic E-state index is 1.11. The van der Waals surface area contributed by atoms with E-state index in [1.54, 1.807) is 11.3 Å². The van der Waals surface area contributed by atoms with Crippen molar-refractivity contribution in [1.29, 1.82) is 0 Å². The maximum Gasteiger partial charge on any atom is 0.0698 e. The summed E-state index contributed by atoms with van der Waals surface area (Å²) < 4.78 is 1.20. The Bertz CT molecular complexity index is 237. The van der Waals surface area contributed by atoms with Gasteiger partial charge in [0.1, 0.15) is 0 Å². The van der Waals surface area contributed by atoms with Gasteiger partial charge in [-0.2, -0.15) is 0 Å². The van der Waals surface area contributed by atoms with Gasteiger partial charge in [0.25, 0.3) is 0 Å². The van der Waals surface area contributed by atoms with Crippen LogP contribution in [0.4, 0.5) is 0 Å². The van der Waals surface area contributed by atoms with Crippen LogP contribution in [-0.2, 0) is 0 Å². The first-order valence-corrected chi connectivity index (χ1v) is 8.19. The van der Waals surface area contributed by atoms with Crippen molar-refractivity contribution >= 4 is 27.3 Å². The molecule has 0 N–H and O–H groups in total. The van der Waals surface area contributed by atoms with Crippen molar-refractivity contribution in [3.05, 3.63) is 21.3 Å². The number of halogens is 1. The first kappa shape index (κ1) is 14.2. The highest BCUT2D eigenvalue weighted by atomic mass is 79.9. The molecule has 0 aliphatic heterocycles. The molecule has 0 aromatic carbocycles. The van der Waals surface area contributed by atoms with Gasteiger partial charge in [0.2, 0.25) is 0 Å². The molecule has 1 aliphatic carbocycles. The number of hydrogen-bond donors (Lipinski definition) is 0. The molecule has 0 nitrogen and oxygen atoms in total. The minimum absolute atomic E-state index is 1.11. The van der Waals surface area contributed by atoms with Gasteiger partial charge in [-0.1, -0.05) is 64.4 Å². The van der Waals surface area contributed by atoms with E-state index in [0.29, 0.717) is 0 Å². The lowest BCUT2D eigenvalue weighted by Gasteiger charge is -2.20. The second kappa shape index (κ2) is 9.23. The van der Waals surface area contributed by atoms with Crippen LogP contribution in [0.15, 0.2) is 21.3 Å². The average molecular weight is 303 g/mol. The Kier molecular flexibility index (Phi) is 8.22. The summed E-state index contributed by atoms with van der Waals surface area (Å²) >= 11 is 4.99. The standard InChI is InChI=1S/C10H20.C4H3BrS/c1-2-3-7-10-8-5-4-6-9-10;5-4-2-1-3-6-4/h10H,2-9H2,1H3;1-3H. The fourth-order valence-electron chi connectivity index (χ4n) is 2.23. The molecule has 0 bridgehead atoms. The summed E-state index contributed by atoms with van der Waals surface area (Å²) in [5.41, 5.74) is 0. The maximum atomic E-state index is 3.30. The molecule has 1 aromatic heterocycles. The molecule has 0 atom stereocenters. The molecule has 1 aliphatic rings. The van der Waals surface area contributed by atoms with E-state index in [2.05, 4.69) is 22.9 Å². The molecule has 92 valence electrons. The number of rotatable bonds is 3. The van der Waals surface area contributed by atoms with Crippen molar-refractivity contribution in [2.45, 2.75) is 58.3 Å². The first-order valence-electron chi connectivity index (χ1n) is 6.52. The van der Waals surface area contributed by atoms with E-state index in [1.165, 1.54) is 55.2 Å². The van der Waals surface area contributed by atoms with Crippen molar-refractivity contribution < 1.29 is 0 Å². The molecule has 0 radical (unpaired) electrons. The molecular formula is C14H23BrS. The van der Waals surface area contributed by atoms with Crippen LogP contribution in [0, 0.1) is 5.92 Å². The molecule has 16 heavy (non-hydrogen) atoms. The Hall–Kier alpha value is 0.180. The predicted octanol–water partition coefficient (Wildman–Crippen LogP) is 6.27. The third-order valence-electron chi connectivity index (χ3n) is 3.18. The highest BCUT2D eigenvalue weighted by molar-refractivity contribution is 9.11. The van der Waals surface area contributed by atoms with Crippen LogP contribution in [-0.4, -0.2) is 0 Å². The summed E-state index contributed by atoms with van der Waals surface area (Å²) in [6.07, 6.45) is 11.9. The highest BCUT2D eigenvalue weighted by Crippen LogP contribution is 2.27. The van der Waals surface area contributed by atoms with Crippen LogP contribution in [0.1, 0.15) is 58.3 Å². The van der Waals surface area contributed by atoms with Gasteiger partial charge in [-0.25, -0.2) is 0 Å². The molecule has 0 saturated heterocycles. The smallest absolute Gasteiger partial charge is 0.0698 e. The zero-order valence-electron chi connectivity index (χ0n) is 10.3. The zero-order valence-corrected chi connectivity index (χ0v) is 12.7. The first-order chi connectivity index (χ1) is 7.83. The van der Waals surface area contributed by atoms with Gasteiger partial charge in [-0.15, -0.1) is 11.3 Å². The van der Waals surface area contributed by atoms with E-state index in [0.717, 1.165) is 5.92 Å². The second-order valence-electron chi connectivity index (χ2n) is 4.56. The number of thiophene rings is 1. The minimum Gasteiger partial charge on any atom is -0.137 e. The summed E-state index contributed by atoms with van der Waals surface area (Å²) in [5.74, 6) is 1.11. The molecule has 1 fully saturated rings. The second-order valence-corrected chi connectivity index (χ2v) is 6.89. The van der Waals surface area contributed by atoms with Crippen LogP contribution < -0.4 is 0 Å². The molecule has 0 unspecified atom stereocenters. The number of hydrogen-bond acceptors (Lipinski definition) is 1. The molecule has 1 aromatic rings. The zero-order chi connectivity index (χ0) is 11.6. The van der Waals surface area contributed by atoms with Crippen LogP contribution >= 0.6 is 27.3 Å². The van der Waals surface area contributed by atoms with Crippen LogP contribution in [0.5, 0.6) is 0 Å². The van der Waals surface area contributed by atoms with E-state index < -0.39 is 0 Å². The Morgan fingerprint density at radius 3 is 2.50 bits per heavy atom. The van der Waals surface area contributed by atoms with E-state index in [1.807, 2.05) is 17.5 Å². The lowest BCUT2D eigenvalue weighted by molar-refractivity contribution is 0.331. The topological polar surface area (TPSA) is 0 Å². The summed E-state index contributed by atoms with van der Waals surface area (Å²) in [7, 11) is 0. The van der Waals surface area contributed by atoms with Gasteiger partial charge in [0.05, 0.1) is 3.79 Å². The summed E-state index contributed by atoms with van der Waals surface area (Å²) in [5, 5.41) is 2.03. The summed E-state index contributed by atoms with van der Waals surface area (Å²) in [6.45, 7) is 2.29. The van der Waals surface area contributed by atoms with Crippen LogP contribution in [0.2, 0.25) is 0 Å². The average Bonchev–Trinajstić information content (AvgIpc) is 2.80. The van der Waals surface area contributed by atoms with E-state index in [9.17, 15) is 0 Å². The monoisotopic (exact) mass is 302 g/mol. The summed E-state index contributed by atoms with van der Waals surface area (Å²) in [4.78, 5) is 0. The largest absolute Gasteiger partial charge is 0.137 e. The molecule has 2 heteroatoms. The van der Waals surface area contributed by atoms with Gasteiger partial charge < -0.3 is 0 Å². The van der Waals surface area contributed by atoms with Gasteiger partial charge in [0, 0.05) is 0 Å². The Balaban J connectivity index is 0.000000181. The van der Waals surface area contributed by atoms with Crippen molar-refractivity contribution in [2.24, 2.45) is 5.92 Å². The number of unbranched alkanes of at least 4 members (excludes halogenated alkanes) is 1. The van der Waals surface area contributed by atoms with Gasteiger partial charge in [0.15, 0.2) is 0 Å². The highest BCUT2D eigenvalue weighted by Gasteiger charge is 2.11. The fraction of sp³-hybridized carbons (Fsp3) is 0.714. The van der Waals surface area contributed by atoms with E-state index >= 15 is 0 Å².